The molecule has 1 aromatic rings. The van der Waals surface area contributed by atoms with Gasteiger partial charge in [0.25, 0.3) is 0 Å². The summed E-state index contributed by atoms with van der Waals surface area (Å²) in [6, 6.07) is 1.92. The van der Waals surface area contributed by atoms with Crippen molar-refractivity contribution in [3.8, 4) is 0 Å². The fourth-order valence-corrected chi connectivity index (χ4v) is 4.05. The lowest BCUT2D eigenvalue weighted by Gasteiger charge is -2.13. The molecule has 122 valence electrons. The van der Waals surface area contributed by atoms with Crippen molar-refractivity contribution in [3.63, 3.8) is 0 Å². The van der Waals surface area contributed by atoms with Gasteiger partial charge in [-0.3, -0.25) is 0 Å². The zero-order chi connectivity index (χ0) is 16.0. The standard InChI is InChI=1S/C14H27N3O2S2/c1-11(2)17-10-14(8-13(17)9-15-4)21(18,19)16-12(3)6-7-20-5/h8,10-12,15-16H,6-7,9H2,1-5H3. The average Bonchev–Trinajstić information content (AvgIpc) is 2.81. The van der Waals surface area contributed by atoms with Crippen LogP contribution in [0.4, 0.5) is 0 Å². The molecule has 0 radical (unpaired) electrons. The van der Waals surface area contributed by atoms with Gasteiger partial charge in [-0.15, -0.1) is 0 Å². The number of rotatable bonds is 9. The second kappa shape index (κ2) is 8.22. The molecule has 0 spiro atoms. The van der Waals surface area contributed by atoms with E-state index in [2.05, 4.69) is 10.0 Å². The Labute approximate surface area is 132 Å². The van der Waals surface area contributed by atoms with Crippen LogP contribution in [0.3, 0.4) is 0 Å². The van der Waals surface area contributed by atoms with Crippen LogP contribution in [0.5, 0.6) is 0 Å². The molecule has 0 bridgehead atoms. The highest BCUT2D eigenvalue weighted by molar-refractivity contribution is 7.98. The first-order valence-corrected chi connectivity index (χ1v) is 10.1. The molecule has 1 atom stereocenters. The first-order valence-electron chi connectivity index (χ1n) is 7.18. The van der Waals surface area contributed by atoms with Gasteiger partial charge in [-0.05, 0) is 52.3 Å². The summed E-state index contributed by atoms with van der Waals surface area (Å²) in [6.07, 6.45) is 4.57. The second-order valence-electron chi connectivity index (χ2n) is 5.50. The topological polar surface area (TPSA) is 63.1 Å². The minimum absolute atomic E-state index is 0.0578. The summed E-state index contributed by atoms with van der Waals surface area (Å²) < 4.78 is 29.6. The van der Waals surface area contributed by atoms with Crippen molar-refractivity contribution < 1.29 is 8.42 Å². The van der Waals surface area contributed by atoms with Crippen molar-refractivity contribution in [2.24, 2.45) is 0 Å². The highest BCUT2D eigenvalue weighted by Gasteiger charge is 2.21. The van der Waals surface area contributed by atoms with E-state index in [-0.39, 0.29) is 12.1 Å². The van der Waals surface area contributed by atoms with Crippen molar-refractivity contribution in [2.75, 3.05) is 19.1 Å². The summed E-state index contributed by atoms with van der Waals surface area (Å²) in [6.45, 7) is 6.64. The molecular weight excluding hydrogens is 306 g/mol. The van der Waals surface area contributed by atoms with E-state index >= 15 is 0 Å². The normalized spacial score (nSPS) is 13.8. The molecule has 0 aliphatic rings. The SMILES string of the molecule is CNCc1cc(S(=O)(=O)NC(C)CCSC)cn1C(C)C. The van der Waals surface area contributed by atoms with Gasteiger partial charge >= 0.3 is 0 Å². The van der Waals surface area contributed by atoms with Crippen LogP contribution in [0.25, 0.3) is 0 Å². The van der Waals surface area contributed by atoms with Crippen LogP contribution in [0.15, 0.2) is 17.2 Å². The van der Waals surface area contributed by atoms with Crippen molar-refractivity contribution >= 4 is 21.8 Å². The zero-order valence-electron chi connectivity index (χ0n) is 13.5. The fraction of sp³-hybridized carbons (Fsp3) is 0.714. The minimum Gasteiger partial charge on any atom is -0.346 e. The molecule has 7 heteroatoms. The van der Waals surface area contributed by atoms with Gasteiger partial charge in [0, 0.05) is 30.5 Å². The van der Waals surface area contributed by atoms with Crippen LogP contribution >= 0.6 is 11.8 Å². The van der Waals surface area contributed by atoms with E-state index in [0.717, 1.165) is 17.9 Å². The van der Waals surface area contributed by atoms with E-state index in [1.54, 1.807) is 24.0 Å². The molecule has 1 aromatic heterocycles. The van der Waals surface area contributed by atoms with Gasteiger partial charge in [0.05, 0.1) is 4.90 Å². The van der Waals surface area contributed by atoms with E-state index in [9.17, 15) is 8.42 Å². The van der Waals surface area contributed by atoms with Crippen LogP contribution in [-0.4, -0.2) is 38.1 Å². The summed E-state index contributed by atoms with van der Waals surface area (Å²) >= 11 is 1.72. The monoisotopic (exact) mass is 333 g/mol. The van der Waals surface area contributed by atoms with Gasteiger partial charge < -0.3 is 9.88 Å². The Morgan fingerprint density at radius 2 is 2.00 bits per heavy atom. The Hall–Kier alpha value is -0.500. The number of sulfonamides is 1. The van der Waals surface area contributed by atoms with Gasteiger partial charge in [0.15, 0.2) is 0 Å². The van der Waals surface area contributed by atoms with Gasteiger partial charge in [0.1, 0.15) is 0 Å². The molecule has 1 unspecified atom stereocenters. The highest BCUT2D eigenvalue weighted by atomic mass is 32.2. The third-order valence-electron chi connectivity index (χ3n) is 3.24. The van der Waals surface area contributed by atoms with Crippen molar-refractivity contribution in [1.82, 2.24) is 14.6 Å². The number of nitrogens with zero attached hydrogens (tertiary/aromatic N) is 1. The quantitative estimate of drug-likeness (QED) is 0.727. The predicted molar refractivity (Wildman–Crippen MR) is 90.4 cm³/mol. The first kappa shape index (κ1) is 18.5. The molecule has 0 aromatic carbocycles. The number of nitrogens with one attached hydrogen (secondary N) is 2. The van der Waals surface area contributed by atoms with Crippen molar-refractivity contribution in [3.05, 3.63) is 18.0 Å². The van der Waals surface area contributed by atoms with E-state index < -0.39 is 10.0 Å². The van der Waals surface area contributed by atoms with Crippen LogP contribution in [0.1, 0.15) is 38.9 Å². The maximum absolute atomic E-state index is 12.4. The van der Waals surface area contributed by atoms with E-state index in [1.807, 2.05) is 38.6 Å². The Kier molecular flexibility index (Phi) is 7.26. The van der Waals surface area contributed by atoms with Crippen molar-refractivity contribution in [1.29, 1.82) is 0 Å². The van der Waals surface area contributed by atoms with E-state index in [4.69, 9.17) is 0 Å². The molecule has 2 N–H and O–H groups in total. The smallest absolute Gasteiger partial charge is 0.242 e. The molecule has 5 nitrogen and oxygen atoms in total. The minimum atomic E-state index is -3.45. The molecule has 1 heterocycles. The second-order valence-corrected chi connectivity index (χ2v) is 8.20. The van der Waals surface area contributed by atoms with E-state index in [0.29, 0.717) is 11.4 Å². The molecule has 21 heavy (non-hydrogen) atoms. The number of thioether (sulfide) groups is 1. The molecular formula is C14H27N3O2S2. The third kappa shape index (κ3) is 5.32. The largest absolute Gasteiger partial charge is 0.346 e. The van der Waals surface area contributed by atoms with Gasteiger partial charge in [-0.25, -0.2) is 13.1 Å². The third-order valence-corrected chi connectivity index (χ3v) is 5.44. The first-order chi connectivity index (χ1) is 9.81. The molecule has 0 aliphatic heterocycles. The Bertz CT molecular complexity index is 538. The van der Waals surface area contributed by atoms with Gasteiger partial charge in [0.2, 0.25) is 10.0 Å². The van der Waals surface area contributed by atoms with E-state index in [1.165, 1.54) is 0 Å². The molecule has 0 amide bonds. The average molecular weight is 334 g/mol. The van der Waals surface area contributed by atoms with Gasteiger partial charge in [-0.2, -0.15) is 11.8 Å². The van der Waals surface area contributed by atoms with Crippen molar-refractivity contribution in [2.45, 2.75) is 50.7 Å². The molecule has 1 rings (SSSR count). The van der Waals surface area contributed by atoms with Crippen LogP contribution in [0, 0.1) is 0 Å². The number of hydrogen-bond donors (Lipinski definition) is 2. The Morgan fingerprint density at radius 3 is 2.52 bits per heavy atom. The molecule has 0 saturated heterocycles. The van der Waals surface area contributed by atoms with Gasteiger partial charge in [-0.1, -0.05) is 0 Å². The summed E-state index contributed by atoms with van der Waals surface area (Å²) in [5, 5.41) is 3.07. The lowest BCUT2D eigenvalue weighted by molar-refractivity contribution is 0.552. The highest BCUT2D eigenvalue weighted by Crippen LogP contribution is 2.19. The van der Waals surface area contributed by atoms with Crippen LogP contribution in [0.2, 0.25) is 0 Å². The lowest BCUT2D eigenvalue weighted by atomic mass is 10.3. The summed E-state index contributed by atoms with van der Waals surface area (Å²) in [5.74, 6) is 0.946. The maximum Gasteiger partial charge on any atom is 0.242 e. The fourth-order valence-electron chi connectivity index (χ4n) is 2.13. The lowest BCUT2D eigenvalue weighted by Crippen LogP contribution is -2.32. The molecule has 0 saturated carbocycles. The molecule has 0 aliphatic carbocycles. The Balaban J connectivity index is 2.95. The van der Waals surface area contributed by atoms with Crippen LogP contribution < -0.4 is 10.0 Å². The molecule has 0 fully saturated rings. The predicted octanol–water partition coefficient (Wildman–Crippen LogP) is 2.21. The number of aromatic nitrogens is 1. The maximum atomic E-state index is 12.4. The Morgan fingerprint density at radius 1 is 1.33 bits per heavy atom. The number of hydrogen-bond acceptors (Lipinski definition) is 4. The zero-order valence-corrected chi connectivity index (χ0v) is 15.1. The summed E-state index contributed by atoms with van der Waals surface area (Å²) in [7, 11) is -1.60. The summed E-state index contributed by atoms with van der Waals surface area (Å²) in [5.41, 5.74) is 0.977. The van der Waals surface area contributed by atoms with Crippen LogP contribution in [-0.2, 0) is 16.6 Å². The summed E-state index contributed by atoms with van der Waals surface area (Å²) in [4.78, 5) is 0.345.